The van der Waals surface area contributed by atoms with E-state index in [9.17, 15) is 9.59 Å². The number of anilines is 1. The molecule has 2 aromatic carbocycles. The highest BCUT2D eigenvalue weighted by Gasteiger charge is 2.14. The summed E-state index contributed by atoms with van der Waals surface area (Å²) in [6, 6.07) is 16.0. The van der Waals surface area contributed by atoms with Crippen LogP contribution in [0, 0.1) is 13.8 Å². The predicted octanol–water partition coefficient (Wildman–Crippen LogP) is 2.19. The van der Waals surface area contributed by atoms with Crippen molar-refractivity contribution in [3.05, 3.63) is 86.6 Å². The minimum absolute atomic E-state index is 0.124. The second kappa shape index (κ2) is 5.61. The highest BCUT2D eigenvalue weighted by atomic mass is 16.2. The van der Waals surface area contributed by atoms with Gasteiger partial charge in [0.25, 0.3) is 5.56 Å². The molecular weight excluding hydrogens is 290 g/mol. The Balaban J connectivity index is 2.40. The summed E-state index contributed by atoms with van der Waals surface area (Å²) in [6.45, 7) is 3.75. The number of para-hydroxylation sites is 2. The Morgan fingerprint density at radius 1 is 0.783 bits per heavy atom. The lowest BCUT2D eigenvalue weighted by Gasteiger charge is -2.15. The number of hydrogen-bond acceptors (Lipinski definition) is 3. The zero-order valence-electron chi connectivity index (χ0n) is 13.0. The summed E-state index contributed by atoms with van der Waals surface area (Å²) < 4.78 is 2.52. The molecule has 0 unspecified atom stereocenters. The Kier molecular flexibility index (Phi) is 3.62. The van der Waals surface area contributed by atoms with Crippen molar-refractivity contribution in [2.75, 3.05) is 5.73 Å². The van der Waals surface area contributed by atoms with Crippen molar-refractivity contribution in [3.63, 3.8) is 0 Å². The summed E-state index contributed by atoms with van der Waals surface area (Å²) in [7, 11) is 0. The Bertz CT molecular complexity index is 1000. The lowest BCUT2D eigenvalue weighted by atomic mass is 10.2. The van der Waals surface area contributed by atoms with Gasteiger partial charge in [-0.15, -0.1) is 0 Å². The van der Waals surface area contributed by atoms with Crippen LogP contribution < -0.4 is 17.0 Å². The summed E-state index contributed by atoms with van der Waals surface area (Å²) in [5, 5.41) is 0. The molecule has 3 aromatic rings. The maximum Gasteiger partial charge on any atom is 0.341 e. The highest BCUT2D eigenvalue weighted by molar-refractivity contribution is 5.48. The summed E-state index contributed by atoms with van der Waals surface area (Å²) in [4.78, 5) is 25.3. The number of aryl methyl sites for hydroxylation is 2. The van der Waals surface area contributed by atoms with Crippen molar-refractivity contribution in [1.29, 1.82) is 0 Å². The van der Waals surface area contributed by atoms with Crippen LogP contribution in [0.1, 0.15) is 11.1 Å². The van der Waals surface area contributed by atoms with Gasteiger partial charge in [-0.3, -0.25) is 4.79 Å². The van der Waals surface area contributed by atoms with Crippen LogP contribution in [0.3, 0.4) is 0 Å². The van der Waals surface area contributed by atoms with Crippen molar-refractivity contribution in [2.24, 2.45) is 0 Å². The lowest BCUT2D eigenvalue weighted by Crippen LogP contribution is -2.39. The first-order chi connectivity index (χ1) is 11.0. The van der Waals surface area contributed by atoms with E-state index in [1.54, 1.807) is 18.2 Å². The molecule has 0 radical (unpaired) electrons. The molecule has 0 fully saturated rings. The number of rotatable bonds is 2. The van der Waals surface area contributed by atoms with Crippen LogP contribution in [0.4, 0.5) is 5.82 Å². The molecule has 0 saturated carbocycles. The molecule has 5 heteroatoms. The van der Waals surface area contributed by atoms with Gasteiger partial charge in [-0.05, 0) is 37.1 Å². The van der Waals surface area contributed by atoms with Crippen molar-refractivity contribution < 1.29 is 0 Å². The van der Waals surface area contributed by atoms with E-state index in [-0.39, 0.29) is 5.82 Å². The first-order valence-electron chi connectivity index (χ1n) is 7.27. The van der Waals surface area contributed by atoms with Gasteiger partial charge >= 0.3 is 5.69 Å². The van der Waals surface area contributed by atoms with Crippen LogP contribution in [-0.4, -0.2) is 9.13 Å². The highest BCUT2D eigenvalue weighted by Crippen LogP contribution is 2.15. The van der Waals surface area contributed by atoms with Gasteiger partial charge in [0, 0.05) is 6.07 Å². The van der Waals surface area contributed by atoms with Crippen LogP contribution in [0.5, 0.6) is 0 Å². The molecule has 0 aliphatic rings. The molecule has 1 aromatic heterocycles. The maximum absolute atomic E-state index is 13.0. The van der Waals surface area contributed by atoms with Crippen molar-refractivity contribution in [1.82, 2.24) is 9.13 Å². The fraction of sp³-hybridized carbons (Fsp3) is 0.111. The Hall–Kier alpha value is -3.08. The average Bonchev–Trinajstić information content (AvgIpc) is 2.50. The van der Waals surface area contributed by atoms with E-state index in [0.717, 1.165) is 15.7 Å². The van der Waals surface area contributed by atoms with Gasteiger partial charge in [-0.1, -0.05) is 36.4 Å². The molecule has 5 nitrogen and oxygen atoms in total. The van der Waals surface area contributed by atoms with E-state index in [1.165, 1.54) is 10.6 Å². The van der Waals surface area contributed by atoms with Gasteiger partial charge < -0.3 is 5.73 Å². The Morgan fingerprint density at radius 2 is 1.26 bits per heavy atom. The van der Waals surface area contributed by atoms with Gasteiger partial charge in [-0.25, -0.2) is 13.9 Å². The maximum atomic E-state index is 13.0. The number of hydrogen-bond donors (Lipinski definition) is 1. The van der Waals surface area contributed by atoms with E-state index in [0.29, 0.717) is 11.4 Å². The first-order valence-corrected chi connectivity index (χ1v) is 7.27. The zero-order valence-corrected chi connectivity index (χ0v) is 13.0. The van der Waals surface area contributed by atoms with Crippen LogP contribution in [0.15, 0.2) is 64.2 Å². The molecular formula is C18H17N3O2. The van der Waals surface area contributed by atoms with Crippen LogP contribution in [0.2, 0.25) is 0 Å². The fourth-order valence-electron chi connectivity index (χ4n) is 2.65. The van der Waals surface area contributed by atoms with E-state index >= 15 is 0 Å². The van der Waals surface area contributed by atoms with Gasteiger partial charge in [0.2, 0.25) is 0 Å². The monoisotopic (exact) mass is 307 g/mol. The largest absolute Gasteiger partial charge is 0.385 e. The lowest BCUT2D eigenvalue weighted by molar-refractivity contribution is 0.804. The third-order valence-corrected chi connectivity index (χ3v) is 3.85. The average molecular weight is 307 g/mol. The molecule has 2 N–H and O–H groups in total. The van der Waals surface area contributed by atoms with Gasteiger partial charge in [-0.2, -0.15) is 0 Å². The summed E-state index contributed by atoms with van der Waals surface area (Å²) >= 11 is 0. The molecule has 23 heavy (non-hydrogen) atoms. The van der Waals surface area contributed by atoms with Gasteiger partial charge in [0.1, 0.15) is 5.82 Å². The van der Waals surface area contributed by atoms with E-state index in [1.807, 2.05) is 44.2 Å². The van der Waals surface area contributed by atoms with Gasteiger partial charge in [0.05, 0.1) is 11.4 Å². The second-order valence-corrected chi connectivity index (χ2v) is 5.43. The molecule has 116 valence electrons. The summed E-state index contributed by atoms with van der Waals surface area (Å²) in [5.74, 6) is 0.124. The molecule has 3 rings (SSSR count). The first kappa shape index (κ1) is 14.8. The van der Waals surface area contributed by atoms with Crippen LogP contribution in [0.25, 0.3) is 11.4 Å². The summed E-state index contributed by atoms with van der Waals surface area (Å²) in [5.41, 5.74) is 8.01. The van der Waals surface area contributed by atoms with E-state index in [4.69, 9.17) is 5.73 Å². The molecule has 1 heterocycles. The molecule has 0 saturated heterocycles. The number of aromatic nitrogens is 2. The van der Waals surface area contributed by atoms with Crippen LogP contribution in [-0.2, 0) is 0 Å². The van der Waals surface area contributed by atoms with Crippen molar-refractivity contribution >= 4 is 5.82 Å². The molecule has 0 aliphatic carbocycles. The van der Waals surface area contributed by atoms with E-state index < -0.39 is 11.2 Å². The third-order valence-electron chi connectivity index (χ3n) is 3.85. The minimum atomic E-state index is -0.474. The summed E-state index contributed by atoms with van der Waals surface area (Å²) in [6.07, 6.45) is 0. The molecule has 0 spiro atoms. The predicted molar refractivity (Wildman–Crippen MR) is 91.5 cm³/mol. The topological polar surface area (TPSA) is 70.0 Å². The zero-order chi connectivity index (χ0) is 16.6. The third kappa shape index (κ3) is 2.46. The molecule has 0 amide bonds. The molecule has 0 aliphatic heterocycles. The second-order valence-electron chi connectivity index (χ2n) is 5.43. The number of nitrogens with two attached hydrogens (primary N) is 1. The van der Waals surface area contributed by atoms with E-state index in [2.05, 4.69) is 0 Å². The molecule has 0 bridgehead atoms. The Labute approximate surface area is 133 Å². The number of nitrogen functional groups attached to an aromatic ring is 1. The van der Waals surface area contributed by atoms with Crippen molar-refractivity contribution in [3.8, 4) is 11.4 Å². The standard InChI is InChI=1S/C18H17N3O2/c1-12-7-3-5-9-14(12)20-16(19)11-17(22)21(18(20)23)15-10-6-4-8-13(15)2/h3-11H,19H2,1-2H3. The Morgan fingerprint density at radius 3 is 1.78 bits per heavy atom. The quantitative estimate of drug-likeness (QED) is 0.789. The van der Waals surface area contributed by atoms with Gasteiger partial charge in [0.15, 0.2) is 0 Å². The fourth-order valence-corrected chi connectivity index (χ4v) is 2.65. The number of nitrogens with zero attached hydrogens (tertiary/aromatic N) is 2. The number of benzene rings is 2. The van der Waals surface area contributed by atoms with Crippen molar-refractivity contribution in [2.45, 2.75) is 13.8 Å². The SMILES string of the molecule is Cc1ccccc1-n1c(N)cc(=O)n(-c2ccccc2C)c1=O. The minimum Gasteiger partial charge on any atom is -0.385 e. The smallest absolute Gasteiger partial charge is 0.341 e. The van der Waals surface area contributed by atoms with Crippen LogP contribution >= 0.6 is 0 Å². The molecule has 0 atom stereocenters. The normalized spacial score (nSPS) is 10.7.